The minimum absolute atomic E-state index is 0.163. The lowest BCUT2D eigenvalue weighted by Gasteiger charge is -2.35. The third-order valence-corrected chi connectivity index (χ3v) is 3.51. The van der Waals surface area contributed by atoms with Crippen molar-refractivity contribution in [3.63, 3.8) is 0 Å². The lowest BCUT2D eigenvalue weighted by Crippen LogP contribution is -2.50. The van der Waals surface area contributed by atoms with E-state index in [1.807, 2.05) is 6.92 Å². The van der Waals surface area contributed by atoms with Gasteiger partial charge in [-0.1, -0.05) is 19.1 Å². The number of hydrogen-bond acceptors (Lipinski definition) is 3. The maximum Gasteiger partial charge on any atom is 0.227 e. The Morgan fingerprint density at radius 3 is 2.89 bits per heavy atom. The second-order valence-electron chi connectivity index (χ2n) is 5.18. The molecule has 0 aromatic heterocycles. The van der Waals surface area contributed by atoms with Crippen LogP contribution in [0.2, 0.25) is 0 Å². The van der Waals surface area contributed by atoms with Crippen LogP contribution >= 0.6 is 0 Å². The van der Waals surface area contributed by atoms with Crippen molar-refractivity contribution in [2.75, 3.05) is 32.8 Å². The molecule has 1 aliphatic heterocycles. The molecule has 1 atom stereocenters. The molecule has 1 unspecified atom stereocenters. The van der Waals surface area contributed by atoms with E-state index >= 15 is 0 Å². The van der Waals surface area contributed by atoms with Gasteiger partial charge in [-0.15, -0.1) is 0 Å². The van der Waals surface area contributed by atoms with Gasteiger partial charge in [-0.05, 0) is 32.7 Å². The predicted molar refractivity (Wildman–Crippen MR) is 73.5 cm³/mol. The molecule has 1 heterocycles. The maximum atomic E-state index is 12.2. The Morgan fingerprint density at radius 2 is 2.33 bits per heavy atom. The van der Waals surface area contributed by atoms with Crippen LogP contribution in [0.4, 0.5) is 0 Å². The minimum Gasteiger partial charge on any atom is -0.375 e. The van der Waals surface area contributed by atoms with Gasteiger partial charge in [-0.3, -0.25) is 4.79 Å². The normalized spacial score (nSPS) is 23.7. The first-order valence-corrected chi connectivity index (χ1v) is 6.82. The van der Waals surface area contributed by atoms with Crippen molar-refractivity contribution in [2.45, 2.75) is 33.1 Å². The lowest BCUT2D eigenvalue weighted by molar-refractivity contribution is -0.132. The van der Waals surface area contributed by atoms with Crippen molar-refractivity contribution in [1.29, 1.82) is 0 Å². The fraction of sp³-hybridized carbons (Fsp3) is 0.786. The van der Waals surface area contributed by atoms with Crippen molar-refractivity contribution >= 4 is 5.91 Å². The van der Waals surface area contributed by atoms with Gasteiger partial charge in [0.2, 0.25) is 5.91 Å². The molecule has 1 aliphatic rings. The Bertz CT molecular complexity index is 284. The number of ether oxygens (including phenoxy) is 1. The van der Waals surface area contributed by atoms with Crippen LogP contribution in [-0.2, 0) is 9.53 Å². The van der Waals surface area contributed by atoms with Crippen LogP contribution < -0.4 is 10.6 Å². The first-order chi connectivity index (χ1) is 8.60. The van der Waals surface area contributed by atoms with Crippen molar-refractivity contribution in [2.24, 2.45) is 5.41 Å². The van der Waals surface area contributed by atoms with Crippen LogP contribution in [-0.4, -0.2) is 38.8 Å². The number of hydrogen-bond donors (Lipinski definition) is 2. The second kappa shape index (κ2) is 7.54. The smallest absolute Gasteiger partial charge is 0.227 e. The third kappa shape index (κ3) is 4.42. The highest BCUT2D eigenvalue weighted by Crippen LogP contribution is 2.29. The van der Waals surface area contributed by atoms with Crippen LogP contribution in [0.25, 0.3) is 0 Å². The van der Waals surface area contributed by atoms with Crippen LogP contribution in [0, 0.1) is 5.41 Å². The first kappa shape index (κ1) is 15.2. The molecular formula is C14H26N2O2. The summed E-state index contributed by atoms with van der Waals surface area (Å²) in [4.78, 5) is 12.2. The zero-order valence-corrected chi connectivity index (χ0v) is 11.7. The Labute approximate surface area is 110 Å². The lowest BCUT2D eigenvalue weighted by atomic mass is 9.77. The number of amides is 1. The molecule has 0 bridgehead atoms. The fourth-order valence-electron chi connectivity index (χ4n) is 2.29. The fourth-order valence-corrected chi connectivity index (χ4v) is 2.29. The van der Waals surface area contributed by atoms with E-state index in [0.717, 1.165) is 37.9 Å². The van der Waals surface area contributed by atoms with E-state index in [0.29, 0.717) is 19.8 Å². The summed E-state index contributed by atoms with van der Waals surface area (Å²) < 4.78 is 5.37. The van der Waals surface area contributed by atoms with E-state index in [1.54, 1.807) is 0 Å². The summed E-state index contributed by atoms with van der Waals surface area (Å²) in [6.07, 6.45) is 2.95. The largest absolute Gasteiger partial charge is 0.375 e. The summed E-state index contributed by atoms with van der Waals surface area (Å²) in [5, 5.41) is 6.30. The van der Waals surface area contributed by atoms with Crippen molar-refractivity contribution in [3.8, 4) is 0 Å². The predicted octanol–water partition coefficient (Wildman–Crippen LogP) is 1.48. The molecule has 0 radical (unpaired) electrons. The van der Waals surface area contributed by atoms with Gasteiger partial charge in [0, 0.05) is 13.1 Å². The highest BCUT2D eigenvalue weighted by atomic mass is 16.5. The molecular weight excluding hydrogens is 228 g/mol. The standard InChI is InChI=1S/C14H26N2O2/c1-4-14(6-5-7-15-11-14)13(17)16-8-9-18-10-12(2)3/h15H,2,4-11H2,1,3H3,(H,16,17). The minimum atomic E-state index is -0.216. The second-order valence-corrected chi connectivity index (χ2v) is 5.18. The molecule has 18 heavy (non-hydrogen) atoms. The quantitative estimate of drug-likeness (QED) is 0.534. The first-order valence-electron chi connectivity index (χ1n) is 6.82. The molecule has 0 aromatic carbocycles. The number of piperidine rings is 1. The van der Waals surface area contributed by atoms with E-state index in [1.165, 1.54) is 0 Å². The van der Waals surface area contributed by atoms with Crippen LogP contribution in [0.15, 0.2) is 12.2 Å². The molecule has 0 aliphatic carbocycles. The van der Waals surface area contributed by atoms with Crippen molar-refractivity contribution in [1.82, 2.24) is 10.6 Å². The molecule has 0 saturated carbocycles. The number of rotatable bonds is 7. The molecule has 104 valence electrons. The van der Waals surface area contributed by atoms with E-state index in [4.69, 9.17) is 4.74 Å². The van der Waals surface area contributed by atoms with Crippen molar-refractivity contribution in [3.05, 3.63) is 12.2 Å². The van der Waals surface area contributed by atoms with Gasteiger partial charge in [0.1, 0.15) is 0 Å². The molecule has 2 N–H and O–H groups in total. The van der Waals surface area contributed by atoms with E-state index in [2.05, 4.69) is 24.1 Å². The molecule has 4 heteroatoms. The van der Waals surface area contributed by atoms with Gasteiger partial charge in [0.05, 0.1) is 18.6 Å². The summed E-state index contributed by atoms with van der Waals surface area (Å²) in [6, 6.07) is 0. The topological polar surface area (TPSA) is 50.4 Å². The molecule has 0 aromatic rings. The van der Waals surface area contributed by atoms with Gasteiger partial charge in [0.15, 0.2) is 0 Å². The van der Waals surface area contributed by atoms with Gasteiger partial charge in [0.25, 0.3) is 0 Å². The Kier molecular flexibility index (Phi) is 6.36. The summed E-state index contributed by atoms with van der Waals surface area (Å²) in [7, 11) is 0. The van der Waals surface area contributed by atoms with E-state index in [-0.39, 0.29) is 11.3 Å². The van der Waals surface area contributed by atoms with E-state index < -0.39 is 0 Å². The SMILES string of the molecule is C=C(C)COCCNC(=O)C1(CC)CCCNC1. The molecule has 1 saturated heterocycles. The molecule has 1 amide bonds. The summed E-state index contributed by atoms with van der Waals surface area (Å²) in [6.45, 7) is 11.3. The van der Waals surface area contributed by atoms with Crippen molar-refractivity contribution < 1.29 is 9.53 Å². The monoisotopic (exact) mass is 254 g/mol. The zero-order valence-electron chi connectivity index (χ0n) is 11.7. The molecule has 1 rings (SSSR count). The number of carbonyl (C=O) groups excluding carboxylic acids is 1. The zero-order chi connectivity index (χ0) is 13.4. The maximum absolute atomic E-state index is 12.2. The third-order valence-electron chi connectivity index (χ3n) is 3.51. The number of carbonyl (C=O) groups is 1. The average Bonchev–Trinajstić information content (AvgIpc) is 2.38. The van der Waals surface area contributed by atoms with Crippen LogP contribution in [0.1, 0.15) is 33.1 Å². The highest BCUT2D eigenvalue weighted by molar-refractivity contribution is 5.83. The molecule has 0 spiro atoms. The molecule has 4 nitrogen and oxygen atoms in total. The van der Waals surface area contributed by atoms with Crippen LogP contribution in [0.3, 0.4) is 0 Å². The van der Waals surface area contributed by atoms with Gasteiger partial charge < -0.3 is 15.4 Å². The van der Waals surface area contributed by atoms with E-state index in [9.17, 15) is 4.79 Å². The van der Waals surface area contributed by atoms with Gasteiger partial charge in [-0.25, -0.2) is 0 Å². The summed E-state index contributed by atoms with van der Waals surface area (Å²) in [5.41, 5.74) is 0.787. The molecule has 1 fully saturated rings. The Balaban J connectivity index is 2.27. The summed E-state index contributed by atoms with van der Waals surface area (Å²) in [5.74, 6) is 0.163. The highest BCUT2D eigenvalue weighted by Gasteiger charge is 2.37. The Hall–Kier alpha value is -0.870. The number of nitrogens with one attached hydrogen (secondary N) is 2. The summed E-state index contributed by atoms with van der Waals surface area (Å²) >= 11 is 0. The van der Waals surface area contributed by atoms with Gasteiger partial charge in [-0.2, -0.15) is 0 Å². The Morgan fingerprint density at radius 1 is 1.56 bits per heavy atom. The average molecular weight is 254 g/mol. The van der Waals surface area contributed by atoms with Gasteiger partial charge >= 0.3 is 0 Å². The van der Waals surface area contributed by atoms with Crippen LogP contribution in [0.5, 0.6) is 0 Å².